The molecule has 4 rings (SSSR count). The molecule has 1 heterocycles. The molecule has 3 unspecified atom stereocenters. The summed E-state index contributed by atoms with van der Waals surface area (Å²) in [6, 6.07) is 0. The van der Waals surface area contributed by atoms with Gasteiger partial charge in [-0.25, -0.2) is 0 Å². The standard InChI is InChI=1S/C14H19NO2/c16-7-12-13(15-17-14(12)8-1-2-8)10-4-3-9-5-11(9)6-10/h8-11,16H,1-7H2. The average molecular weight is 233 g/mol. The number of aliphatic hydroxyl groups is 1. The van der Waals surface area contributed by atoms with Gasteiger partial charge in [0, 0.05) is 17.4 Å². The lowest BCUT2D eigenvalue weighted by Crippen LogP contribution is -2.09. The Balaban J connectivity index is 1.63. The Morgan fingerprint density at radius 1 is 1.06 bits per heavy atom. The van der Waals surface area contributed by atoms with Gasteiger partial charge in [0.2, 0.25) is 0 Å². The topological polar surface area (TPSA) is 46.3 Å². The highest BCUT2D eigenvalue weighted by Gasteiger charge is 2.44. The van der Waals surface area contributed by atoms with Crippen molar-refractivity contribution in [2.45, 2.75) is 57.0 Å². The van der Waals surface area contributed by atoms with Crippen molar-refractivity contribution in [2.75, 3.05) is 0 Å². The summed E-state index contributed by atoms with van der Waals surface area (Å²) in [5.74, 6) is 4.05. The Morgan fingerprint density at radius 3 is 2.59 bits per heavy atom. The summed E-state index contributed by atoms with van der Waals surface area (Å²) in [5.41, 5.74) is 2.11. The molecule has 1 aromatic heterocycles. The van der Waals surface area contributed by atoms with Crippen LogP contribution in [0.3, 0.4) is 0 Å². The predicted octanol–water partition coefficient (Wildman–Crippen LogP) is 2.95. The van der Waals surface area contributed by atoms with Gasteiger partial charge < -0.3 is 9.63 Å². The Morgan fingerprint density at radius 2 is 1.88 bits per heavy atom. The summed E-state index contributed by atoms with van der Waals surface area (Å²) in [6.45, 7) is 0.106. The zero-order chi connectivity index (χ0) is 11.4. The minimum Gasteiger partial charge on any atom is -0.391 e. The molecule has 0 saturated heterocycles. The van der Waals surface area contributed by atoms with Gasteiger partial charge >= 0.3 is 0 Å². The Hall–Kier alpha value is -0.830. The fourth-order valence-electron chi connectivity index (χ4n) is 3.58. The number of aromatic nitrogens is 1. The molecule has 0 aromatic carbocycles. The zero-order valence-electron chi connectivity index (χ0n) is 10.1. The lowest BCUT2D eigenvalue weighted by molar-refractivity contribution is 0.275. The van der Waals surface area contributed by atoms with E-state index in [2.05, 4.69) is 5.16 Å². The molecular weight excluding hydrogens is 214 g/mol. The van der Waals surface area contributed by atoms with Gasteiger partial charge in [0.15, 0.2) is 0 Å². The summed E-state index contributed by atoms with van der Waals surface area (Å²) in [5, 5.41) is 13.9. The fraction of sp³-hybridized carbons (Fsp3) is 0.786. The van der Waals surface area contributed by atoms with Crippen LogP contribution in [0.5, 0.6) is 0 Å². The Bertz CT molecular complexity index is 435. The molecular formula is C14H19NO2. The van der Waals surface area contributed by atoms with Crippen LogP contribution in [0.15, 0.2) is 4.52 Å². The molecule has 1 aromatic rings. The smallest absolute Gasteiger partial charge is 0.145 e. The maximum atomic E-state index is 9.57. The van der Waals surface area contributed by atoms with E-state index in [0.717, 1.165) is 28.9 Å². The minimum atomic E-state index is 0.106. The van der Waals surface area contributed by atoms with Gasteiger partial charge in [-0.15, -0.1) is 0 Å². The van der Waals surface area contributed by atoms with Crippen LogP contribution >= 0.6 is 0 Å². The normalized spacial score (nSPS) is 35.7. The van der Waals surface area contributed by atoms with E-state index in [1.165, 1.54) is 38.5 Å². The van der Waals surface area contributed by atoms with E-state index in [-0.39, 0.29) is 6.61 Å². The third kappa shape index (κ3) is 1.63. The first-order valence-electron chi connectivity index (χ1n) is 6.96. The number of aliphatic hydroxyl groups excluding tert-OH is 1. The third-order valence-corrected chi connectivity index (χ3v) is 4.88. The second kappa shape index (κ2) is 3.58. The van der Waals surface area contributed by atoms with Gasteiger partial charge in [-0.2, -0.15) is 0 Å². The highest BCUT2D eigenvalue weighted by molar-refractivity contribution is 5.30. The largest absolute Gasteiger partial charge is 0.391 e. The van der Waals surface area contributed by atoms with E-state index in [9.17, 15) is 5.11 Å². The van der Waals surface area contributed by atoms with Gasteiger partial charge in [-0.3, -0.25) is 0 Å². The number of fused-ring (bicyclic) bond motifs is 1. The summed E-state index contributed by atoms with van der Waals surface area (Å²) < 4.78 is 5.50. The van der Waals surface area contributed by atoms with E-state index in [1.807, 2.05) is 0 Å². The molecule has 0 radical (unpaired) electrons. The number of hydrogen-bond donors (Lipinski definition) is 1. The second-order valence-electron chi connectivity index (χ2n) is 6.11. The van der Waals surface area contributed by atoms with Crippen molar-refractivity contribution in [1.82, 2.24) is 5.16 Å². The van der Waals surface area contributed by atoms with Gasteiger partial charge in [0.25, 0.3) is 0 Å². The van der Waals surface area contributed by atoms with Crippen molar-refractivity contribution in [3.63, 3.8) is 0 Å². The highest BCUT2D eigenvalue weighted by Crippen LogP contribution is 2.54. The van der Waals surface area contributed by atoms with Gasteiger partial charge in [0.05, 0.1) is 12.3 Å². The molecule has 0 bridgehead atoms. The van der Waals surface area contributed by atoms with E-state index in [1.54, 1.807) is 0 Å². The van der Waals surface area contributed by atoms with Crippen molar-refractivity contribution >= 4 is 0 Å². The van der Waals surface area contributed by atoms with Crippen molar-refractivity contribution in [2.24, 2.45) is 11.8 Å². The van der Waals surface area contributed by atoms with Crippen molar-refractivity contribution in [3.8, 4) is 0 Å². The summed E-state index contributed by atoms with van der Waals surface area (Å²) >= 11 is 0. The van der Waals surface area contributed by atoms with Gasteiger partial charge in [-0.1, -0.05) is 5.16 Å². The van der Waals surface area contributed by atoms with Crippen molar-refractivity contribution in [1.29, 1.82) is 0 Å². The predicted molar refractivity (Wildman–Crippen MR) is 62.6 cm³/mol. The first kappa shape index (κ1) is 10.1. The van der Waals surface area contributed by atoms with Crippen LogP contribution < -0.4 is 0 Å². The van der Waals surface area contributed by atoms with Crippen LogP contribution in [-0.2, 0) is 6.61 Å². The lowest BCUT2D eigenvalue weighted by atomic mass is 9.85. The molecule has 3 aliphatic rings. The van der Waals surface area contributed by atoms with Crippen LogP contribution in [0.25, 0.3) is 0 Å². The van der Waals surface area contributed by atoms with E-state index in [0.29, 0.717) is 11.8 Å². The molecule has 17 heavy (non-hydrogen) atoms. The summed E-state index contributed by atoms with van der Waals surface area (Å²) in [4.78, 5) is 0. The first-order valence-corrected chi connectivity index (χ1v) is 6.96. The van der Waals surface area contributed by atoms with Gasteiger partial charge in [0.1, 0.15) is 5.76 Å². The Labute approximate surface area is 101 Å². The molecule has 3 heteroatoms. The molecule has 1 N–H and O–H groups in total. The summed E-state index contributed by atoms with van der Waals surface area (Å²) in [7, 11) is 0. The fourth-order valence-corrected chi connectivity index (χ4v) is 3.58. The first-order chi connectivity index (χ1) is 8.36. The monoisotopic (exact) mass is 233 g/mol. The maximum Gasteiger partial charge on any atom is 0.145 e. The van der Waals surface area contributed by atoms with Crippen molar-refractivity contribution < 1.29 is 9.63 Å². The molecule has 3 atom stereocenters. The Kier molecular flexibility index (Phi) is 2.13. The van der Waals surface area contributed by atoms with E-state index < -0.39 is 0 Å². The highest BCUT2D eigenvalue weighted by atomic mass is 16.5. The van der Waals surface area contributed by atoms with Crippen molar-refractivity contribution in [3.05, 3.63) is 17.0 Å². The number of nitrogens with zero attached hydrogens (tertiary/aromatic N) is 1. The van der Waals surface area contributed by atoms with Crippen LogP contribution in [0, 0.1) is 11.8 Å². The van der Waals surface area contributed by atoms with Crippen LogP contribution in [0.1, 0.15) is 67.4 Å². The molecule has 3 nitrogen and oxygen atoms in total. The lowest BCUT2D eigenvalue weighted by Gasteiger charge is -2.19. The molecule has 3 aliphatic carbocycles. The number of hydrogen-bond acceptors (Lipinski definition) is 3. The molecule has 0 aliphatic heterocycles. The molecule has 0 spiro atoms. The maximum absolute atomic E-state index is 9.57. The molecule has 92 valence electrons. The second-order valence-corrected chi connectivity index (χ2v) is 6.11. The quantitative estimate of drug-likeness (QED) is 0.873. The van der Waals surface area contributed by atoms with Crippen LogP contribution in [0.2, 0.25) is 0 Å². The molecule has 0 amide bonds. The molecule has 3 fully saturated rings. The zero-order valence-corrected chi connectivity index (χ0v) is 10.1. The van der Waals surface area contributed by atoms with Crippen LogP contribution in [-0.4, -0.2) is 10.3 Å². The minimum absolute atomic E-state index is 0.106. The average Bonchev–Trinajstić information content (AvgIpc) is 3.25. The third-order valence-electron chi connectivity index (χ3n) is 4.88. The van der Waals surface area contributed by atoms with Crippen LogP contribution in [0.4, 0.5) is 0 Å². The summed E-state index contributed by atoms with van der Waals surface area (Å²) in [6.07, 6.45) is 7.71. The molecule has 3 saturated carbocycles. The number of rotatable bonds is 3. The van der Waals surface area contributed by atoms with E-state index in [4.69, 9.17) is 4.52 Å². The SMILES string of the molecule is OCc1c(C2CCC3CC3C2)noc1C1CC1. The van der Waals surface area contributed by atoms with E-state index >= 15 is 0 Å². The van der Waals surface area contributed by atoms with Gasteiger partial charge in [-0.05, 0) is 50.4 Å².